The fraction of sp³-hybridized carbons (Fsp3) is 0.125. The number of ether oxygens (including phenoxy) is 1. The van der Waals surface area contributed by atoms with Crippen molar-refractivity contribution in [2.45, 2.75) is 6.92 Å². The Hall–Kier alpha value is -2.60. The van der Waals surface area contributed by atoms with E-state index in [4.69, 9.17) is 4.74 Å². The summed E-state index contributed by atoms with van der Waals surface area (Å²) >= 11 is 0.916. The highest BCUT2D eigenvalue weighted by molar-refractivity contribution is 7.03. The van der Waals surface area contributed by atoms with Crippen LogP contribution in [0.1, 0.15) is 5.56 Å². The molecule has 0 amide bonds. The lowest BCUT2D eigenvalue weighted by Crippen LogP contribution is -2.13. The fourth-order valence-electron chi connectivity index (χ4n) is 2.07. The number of anilines is 2. The lowest BCUT2D eigenvalue weighted by atomic mass is 10.2. The number of methoxy groups -OCH3 is 1. The molecule has 0 aliphatic rings. The molecule has 1 aromatic heterocycles. The number of hydrogen-bond donors (Lipinski definition) is 1. The molecule has 0 atom stereocenters. The molecular weight excluding hydrogens is 298 g/mol. The van der Waals surface area contributed by atoms with Gasteiger partial charge in [-0.05, 0) is 31.2 Å². The molecule has 0 aliphatic heterocycles. The van der Waals surface area contributed by atoms with Crippen LogP contribution in [-0.4, -0.2) is 16.1 Å². The van der Waals surface area contributed by atoms with Crippen molar-refractivity contribution in [2.24, 2.45) is 0 Å². The maximum absolute atomic E-state index is 12.1. The second-order valence-electron chi connectivity index (χ2n) is 4.80. The van der Waals surface area contributed by atoms with E-state index < -0.39 is 0 Å². The fourth-order valence-corrected chi connectivity index (χ4v) is 2.64. The van der Waals surface area contributed by atoms with Gasteiger partial charge in [0, 0.05) is 23.3 Å². The van der Waals surface area contributed by atoms with E-state index in [0.717, 1.165) is 17.2 Å². The molecule has 0 fully saturated rings. The van der Waals surface area contributed by atoms with Gasteiger partial charge in [0.15, 0.2) is 0 Å². The first kappa shape index (κ1) is 14.3. The molecule has 3 aromatic rings. The van der Waals surface area contributed by atoms with Gasteiger partial charge >= 0.3 is 4.87 Å². The van der Waals surface area contributed by atoms with Gasteiger partial charge in [-0.25, -0.2) is 4.57 Å². The molecular formula is C16H15N3O2S. The zero-order valence-corrected chi connectivity index (χ0v) is 13.1. The first-order valence-electron chi connectivity index (χ1n) is 6.74. The quantitative estimate of drug-likeness (QED) is 0.802. The molecule has 112 valence electrons. The summed E-state index contributed by atoms with van der Waals surface area (Å²) in [6, 6.07) is 15.2. The normalized spacial score (nSPS) is 10.5. The van der Waals surface area contributed by atoms with Gasteiger partial charge in [0.1, 0.15) is 5.75 Å². The number of rotatable bonds is 4. The standard InChI is InChI=1S/C16H15N3O2S/c1-11-6-8-12(9-7-11)17-15-18-22-16(20)19(15)13-4-3-5-14(10-13)21-2/h3-10H,1-2H3,(H,17,18). The van der Waals surface area contributed by atoms with E-state index in [1.54, 1.807) is 13.2 Å². The molecule has 22 heavy (non-hydrogen) atoms. The van der Waals surface area contributed by atoms with Crippen molar-refractivity contribution < 1.29 is 4.74 Å². The van der Waals surface area contributed by atoms with E-state index in [0.29, 0.717) is 17.4 Å². The van der Waals surface area contributed by atoms with Crippen molar-refractivity contribution in [2.75, 3.05) is 12.4 Å². The summed E-state index contributed by atoms with van der Waals surface area (Å²) in [6.07, 6.45) is 0. The summed E-state index contributed by atoms with van der Waals surface area (Å²) in [5, 5.41) is 3.18. The highest BCUT2D eigenvalue weighted by Crippen LogP contribution is 2.21. The molecule has 0 saturated carbocycles. The molecule has 5 nitrogen and oxygen atoms in total. The van der Waals surface area contributed by atoms with Crippen LogP contribution in [0.25, 0.3) is 5.69 Å². The molecule has 0 saturated heterocycles. The summed E-state index contributed by atoms with van der Waals surface area (Å²) < 4.78 is 11.0. The number of aromatic nitrogens is 2. The van der Waals surface area contributed by atoms with Gasteiger partial charge in [-0.1, -0.05) is 23.8 Å². The molecule has 1 N–H and O–H groups in total. The number of benzene rings is 2. The molecule has 0 unspecified atom stereocenters. The van der Waals surface area contributed by atoms with Gasteiger partial charge in [-0.2, -0.15) is 4.37 Å². The second-order valence-corrected chi connectivity index (χ2v) is 5.51. The van der Waals surface area contributed by atoms with E-state index >= 15 is 0 Å². The summed E-state index contributed by atoms with van der Waals surface area (Å²) in [4.78, 5) is 12.0. The van der Waals surface area contributed by atoms with Gasteiger partial charge < -0.3 is 10.1 Å². The van der Waals surface area contributed by atoms with Gasteiger partial charge in [0.05, 0.1) is 12.8 Å². The van der Waals surface area contributed by atoms with Gasteiger partial charge in [-0.3, -0.25) is 4.79 Å². The second kappa shape index (κ2) is 6.03. The first-order valence-corrected chi connectivity index (χ1v) is 7.51. The molecule has 3 rings (SSSR count). The van der Waals surface area contributed by atoms with Crippen LogP contribution in [0.15, 0.2) is 53.3 Å². The Balaban J connectivity index is 2.00. The topological polar surface area (TPSA) is 56.1 Å². The summed E-state index contributed by atoms with van der Waals surface area (Å²) in [6.45, 7) is 2.03. The SMILES string of the molecule is COc1cccc(-n2c(Nc3ccc(C)cc3)nsc2=O)c1. The van der Waals surface area contributed by atoms with Crippen LogP contribution >= 0.6 is 11.5 Å². The number of aryl methyl sites for hydroxylation is 1. The highest BCUT2D eigenvalue weighted by atomic mass is 32.1. The Morgan fingerprint density at radius 2 is 1.95 bits per heavy atom. The highest BCUT2D eigenvalue weighted by Gasteiger charge is 2.11. The van der Waals surface area contributed by atoms with E-state index in [9.17, 15) is 4.79 Å². The van der Waals surface area contributed by atoms with Gasteiger partial charge in [0.2, 0.25) is 5.95 Å². The largest absolute Gasteiger partial charge is 0.497 e. The summed E-state index contributed by atoms with van der Waals surface area (Å²) in [5.74, 6) is 1.18. The Kier molecular flexibility index (Phi) is 3.93. The van der Waals surface area contributed by atoms with Crippen LogP contribution < -0.4 is 14.9 Å². The van der Waals surface area contributed by atoms with Crippen molar-refractivity contribution >= 4 is 23.2 Å². The van der Waals surface area contributed by atoms with Gasteiger partial charge in [0.25, 0.3) is 0 Å². The van der Waals surface area contributed by atoms with Crippen LogP contribution in [0.2, 0.25) is 0 Å². The minimum atomic E-state index is -0.150. The van der Waals surface area contributed by atoms with E-state index in [1.165, 1.54) is 10.1 Å². The zero-order valence-electron chi connectivity index (χ0n) is 12.2. The van der Waals surface area contributed by atoms with Crippen molar-refractivity contribution in [3.63, 3.8) is 0 Å². The molecule has 1 heterocycles. The van der Waals surface area contributed by atoms with Crippen LogP contribution in [-0.2, 0) is 0 Å². The average Bonchev–Trinajstić information content (AvgIpc) is 2.90. The molecule has 0 spiro atoms. The van der Waals surface area contributed by atoms with Crippen LogP contribution in [0.4, 0.5) is 11.6 Å². The third kappa shape index (κ3) is 2.87. The van der Waals surface area contributed by atoms with Crippen molar-refractivity contribution in [3.8, 4) is 11.4 Å². The third-order valence-corrected chi connectivity index (χ3v) is 3.83. The van der Waals surface area contributed by atoms with E-state index in [1.807, 2.05) is 49.4 Å². The van der Waals surface area contributed by atoms with Crippen LogP contribution in [0, 0.1) is 6.92 Å². The third-order valence-electron chi connectivity index (χ3n) is 3.22. The Labute approximate surface area is 132 Å². The maximum Gasteiger partial charge on any atom is 0.332 e. The number of nitrogens with zero attached hydrogens (tertiary/aromatic N) is 2. The van der Waals surface area contributed by atoms with E-state index in [2.05, 4.69) is 9.69 Å². The number of nitrogens with one attached hydrogen (secondary N) is 1. The van der Waals surface area contributed by atoms with Crippen molar-refractivity contribution in [3.05, 3.63) is 63.8 Å². The molecule has 2 aromatic carbocycles. The molecule has 0 radical (unpaired) electrons. The predicted octanol–water partition coefficient (Wildman–Crippen LogP) is 3.35. The van der Waals surface area contributed by atoms with Crippen LogP contribution in [0.3, 0.4) is 0 Å². The monoisotopic (exact) mass is 313 g/mol. The van der Waals surface area contributed by atoms with E-state index in [-0.39, 0.29) is 4.87 Å². The smallest absolute Gasteiger partial charge is 0.332 e. The van der Waals surface area contributed by atoms with Crippen molar-refractivity contribution in [1.82, 2.24) is 8.94 Å². The van der Waals surface area contributed by atoms with Crippen LogP contribution in [0.5, 0.6) is 5.75 Å². The Bertz CT molecular complexity index is 837. The average molecular weight is 313 g/mol. The predicted molar refractivity (Wildman–Crippen MR) is 88.7 cm³/mol. The summed E-state index contributed by atoms with van der Waals surface area (Å²) in [5.41, 5.74) is 2.77. The Morgan fingerprint density at radius 3 is 2.68 bits per heavy atom. The van der Waals surface area contributed by atoms with Gasteiger partial charge in [-0.15, -0.1) is 0 Å². The minimum absolute atomic E-state index is 0.150. The molecule has 0 aliphatic carbocycles. The maximum atomic E-state index is 12.1. The minimum Gasteiger partial charge on any atom is -0.497 e. The lowest BCUT2D eigenvalue weighted by molar-refractivity contribution is 0.414. The Morgan fingerprint density at radius 1 is 1.18 bits per heavy atom. The molecule has 6 heteroatoms. The zero-order chi connectivity index (χ0) is 15.5. The molecule has 0 bridgehead atoms. The summed E-state index contributed by atoms with van der Waals surface area (Å²) in [7, 11) is 1.60. The first-order chi connectivity index (χ1) is 10.7. The number of hydrogen-bond acceptors (Lipinski definition) is 5. The lowest BCUT2D eigenvalue weighted by Gasteiger charge is -2.09. The van der Waals surface area contributed by atoms with Crippen molar-refractivity contribution in [1.29, 1.82) is 0 Å².